The van der Waals surface area contributed by atoms with Gasteiger partial charge in [-0.05, 0) is 24.3 Å². The molecule has 2 rings (SSSR count). The molecule has 0 unspecified atom stereocenters. The van der Waals surface area contributed by atoms with Gasteiger partial charge in [-0.15, -0.1) is 13.2 Å². The normalized spacial score (nSPS) is 11.5. The van der Waals surface area contributed by atoms with Crippen LogP contribution < -0.4 is 4.74 Å². The molecule has 0 spiro atoms. The lowest BCUT2D eigenvalue weighted by atomic mass is 10.3. The van der Waals surface area contributed by atoms with Crippen molar-refractivity contribution >= 4 is 0 Å². The van der Waals surface area contributed by atoms with Crippen molar-refractivity contribution in [1.82, 2.24) is 9.55 Å². The smallest absolute Gasteiger partial charge is 0.406 e. The predicted octanol–water partition coefficient (Wildman–Crippen LogP) is 2.91. The molecule has 0 saturated heterocycles. The Morgan fingerprint density at radius 3 is 2.24 bits per heavy atom. The number of ether oxygens (including phenoxy) is 1. The van der Waals surface area contributed by atoms with Gasteiger partial charge in [-0.3, -0.25) is 4.57 Å². The van der Waals surface area contributed by atoms with Crippen molar-refractivity contribution in [2.24, 2.45) is 0 Å². The number of rotatable bonds is 2. The number of alkyl halides is 3. The van der Waals surface area contributed by atoms with E-state index in [0.29, 0.717) is 5.69 Å². The molecule has 2 aromatic rings. The van der Waals surface area contributed by atoms with Gasteiger partial charge in [-0.1, -0.05) is 0 Å². The van der Waals surface area contributed by atoms with Crippen LogP contribution in [0.5, 0.6) is 5.75 Å². The summed E-state index contributed by atoms with van der Waals surface area (Å²) in [5.41, 5.74) is 0.356. The molecule has 0 bridgehead atoms. The van der Waals surface area contributed by atoms with Gasteiger partial charge in [0.25, 0.3) is 6.08 Å². The Labute approximate surface area is 93.3 Å². The van der Waals surface area contributed by atoms with E-state index in [2.05, 4.69) is 9.72 Å². The van der Waals surface area contributed by atoms with Crippen molar-refractivity contribution in [2.45, 2.75) is 6.36 Å². The van der Waals surface area contributed by atoms with E-state index in [9.17, 15) is 17.6 Å². The van der Waals surface area contributed by atoms with Crippen LogP contribution in [0.25, 0.3) is 5.69 Å². The van der Waals surface area contributed by atoms with Crippen LogP contribution in [0.2, 0.25) is 0 Å². The summed E-state index contributed by atoms with van der Waals surface area (Å²) in [6, 6.07) is 4.79. The highest BCUT2D eigenvalue weighted by atomic mass is 19.4. The van der Waals surface area contributed by atoms with E-state index in [0.717, 1.165) is 16.7 Å². The van der Waals surface area contributed by atoms with E-state index in [1.807, 2.05) is 0 Å². The second-order valence-electron chi connectivity index (χ2n) is 3.11. The number of imidazole rings is 1. The lowest BCUT2D eigenvalue weighted by Crippen LogP contribution is -2.17. The Balaban J connectivity index is 2.22. The van der Waals surface area contributed by atoms with Crippen LogP contribution in [0.3, 0.4) is 0 Å². The summed E-state index contributed by atoms with van der Waals surface area (Å²) in [5.74, 6) is -0.359. The predicted molar refractivity (Wildman–Crippen MR) is 50.2 cm³/mol. The van der Waals surface area contributed by atoms with Crippen LogP contribution in [0.15, 0.2) is 36.7 Å². The number of halogens is 4. The number of hydrogen-bond donors (Lipinski definition) is 0. The minimum Gasteiger partial charge on any atom is -0.406 e. The fourth-order valence-corrected chi connectivity index (χ4v) is 1.29. The minimum atomic E-state index is -4.73. The second kappa shape index (κ2) is 4.08. The zero-order valence-electron chi connectivity index (χ0n) is 8.28. The quantitative estimate of drug-likeness (QED) is 0.762. The van der Waals surface area contributed by atoms with Crippen molar-refractivity contribution in [1.29, 1.82) is 0 Å². The van der Waals surface area contributed by atoms with Crippen molar-refractivity contribution < 1.29 is 22.3 Å². The number of benzene rings is 1. The largest absolute Gasteiger partial charge is 0.573 e. The lowest BCUT2D eigenvalue weighted by Gasteiger charge is -2.09. The van der Waals surface area contributed by atoms with Crippen LogP contribution in [-0.2, 0) is 0 Å². The van der Waals surface area contributed by atoms with Crippen molar-refractivity contribution in [3.63, 3.8) is 0 Å². The fraction of sp³-hybridized carbons (Fsp3) is 0.100. The van der Waals surface area contributed by atoms with Gasteiger partial charge in [0, 0.05) is 18.1 Å². The Hall–Kier alpha value is -2.05. The summed E-state index contributed by atoms with van der Waals surface area (Å²) < 4.78 is 53.5. The van der Waals surface area contributed by atoms with Crippen molar-refractivity contribution in [3.05, 3.63) is 42.7 Å². The summed E-state index contributed by atoms with van der Waals surface area (Å²) in [7, 11) is 0. The van der Waals surface area contributed by atoms with Crippen LogP contribution in [-0.4, -0.2) is 15.9 Å². The summed E-state index contributed by atoms with van der Waals surface area (Å²) in [4.78, 5) is 3.36. The Morgan fingerprint density at radius 2 is 1.76 bits per heavy atom. The van der Waals surface area contributed by atoms with Crippen LogP contribution >= 0.6 is 0 Å². The third-order valence-corrected chi connectivity index (χ3v) is 1.94. The van der Waals surface area contributed by atoms with E-state index in [-0.39, 0.29) is 5.75 Å². The Morgan fingerprint density at radius 1 is 1.12 bits per heavy atom. The monoisotopic (exact) mass is 246 g/mol. The molecule has 7 heteroatoms. The molecule has 0 aliphatic carbocycles. The minimum absolute atomic E-state index is 0.356. The molecule has 0 aliphatic rings. The average molecular weight is 246 g/mol. The summed E-state index contributed by atoms with van der Waals surface area (Å²) in [5, 5.41) is 0. The van der Waals surface area contributed by atoms with Crippen LogP contribution in [0.1, 0.15) is 0 Å². The highest BCUT2D eigenvalue weighted by molar-refractivity contribution is 5.37. The first-order valence-electron chi connectivity index (χ1n) is 4.51. The second-order valence-corrected chi connectivity index (χ2v) is 3.11. The average Bonchev–Trinajstić information content (AvgIpc) is 2.63. The van der Waals surface area contributed by atoms with Gasteiger partial charge in [0.1, 0.15) is 5.75 Å². The zero-order valence-corrected chi connectivity index (χ0v) is 8.28. The first-order chi connectivity index (χ1) is 7.96. The highest BCUT2D eigenvalue weighted by Gasteiger charge is 2.30. The molecule has 0 atom stereocenters. The van der Waals surface area contributed by atoms with Gasteiger partial charge in [0.15, 0.2) is 0 Å². The molecule has 0 amide bonds. The maximum Gasteiger partial charge on any atom is 0.573 e. The van der Waals surface area contributed by atoms with Crippen molar-refractivity contribution in [3.8, 4) is 11.4 Å². The molecule has 3 nitrogen and oxygen atoms in total. The first-order valence-corrected chi connectivity index (χ1v) is 4.51. The first kappa shape index (κ1) is 11.4. The molecule has 0 saturated carbocycles. The maximum atomic E-state index is 13.0. The molecular formula is C10H6F4N2O. The van der Waals surface area contributed by atoms with E-state index in [1.165, 1.54) is 24.5 Å². The molecule has 90 valence electrons. The maximum absolute atomic E-state index is 13.0. The molecule has 0 N–H and O–H groups in total. The summed E-state index contributed by atoms with van der Waals surface area (Å²) in [6.07, 6.45) is -2.87. The van der Waals surface area contributed by atoms with Crippen molar-refractivity contribution in [2.75, 3.05) is 0 Å². The van der Waals surface area contributed by atoms with Crippen LogP contribution in [0, 0.1) is 6.08 Å². The number of nitrogens with zero attached hydrogens (tertiary/aromatic N) is 2. The third-order valence-electron chi connectivity index (χ3n) is 1.94. The van der Waals surface area contributed by atoms with E-state index in [1.54, 1.807) is 0 Å². The SMILES string of the molecule is Fc1nccn1-c1ccc(OC(F)(F)F)cc1. The Bertz CT molecular complexity index is 504. The lowest BCUT2D eigenvalue weighted by molar-refractivity contribution is -0.274. The van der Waals surface area contributed by atoms with Gasteiger partial charge < -0.3 is 4.74 Å². The summed E-state index contributed by atoms with van der Waals surface area (Å²) >= 11 is 0. The fourth-order valence-electron chi connectivity index (χ4n) is 1.29. The third kappa shape index (κ3) is 2.74. The van der Waals surface area contributed by atoms with Gasteiger partial charge in [-0.2, -0.15) is 4.39 Å². The van der Waals surface area contributed by atoms with Crippen LogP contribution in [0.4, 0.5) is 17.6 Å². The zero-order chi connectivity index (χ0) is 12.5. The molecule has 1 aromatic heterocycles. The topological polar surface area (TPSA) is 27.1 Å². The number of hydrogen-bond acceptors (Lipinski definition) is 2. The van der Waals surface area contributed by atoms with Gasteiger partial charge in [0.05, 0.1) is 0 Å². The molecule has 0 radical (unpaired) electrons. The molecule has 1 heterocycles. The number of aromatic nitrogens is 2. The van der Waals surface area contributed by atoms with Gasteiger partial charge >= 0.3 is 6.36 Å². The molecule has 17 heavy (non-hydrogen) atoms. The molecular weight excluding hydrogens is 240 g/mol. The molecule has 0 fully saturated rings. The highest BCUT2D eigenvalue weighted by Crippen LogP contribution is 2.23. The van der Waals surface area contributed by atoms with E-state index in [4.69, 9.17) is 0 Å². The molecule has 1 aromatic carbocycles. The molecule has 0 aliphatic heterocycles. The van der Waals surface area contributed by atoms with E-state index >= 15 is 0 Å². The standard InChI is InChI=1S/C10H6F4N2O/c11-9-15-5-6-16(9)7-1-3-8(4-2-7)17-10(12,13)14/h1-6H. The van der Waals surface area contributed by atoms with Gasteiger partial charge in [0.2, 0.25) is 0 Å². The summed E-state index contributed by atoms with van der Waals surface area (Å²) in [6.45, 7) is 0. The Kier molecular flexibility index (Phi) is 2.74. The van der Waals surface area contributed by atoms with E-state index < -0.39 is 12.4 Å². The van der Waals surface area contributed by atoms with Gasteiger partial charge in [-0.25, -0.2) is 4.98 Å².